The van der Waals surface area contributed by atoms with Gasteiger partial charge in [0.15, 0.2) is 34.5 Å². The fourth-order valence-electron chi connectivity index (χ4n) is 4.89. The van der Waals surface area contributed by atoms with Gasteiger partial charge in [0.1, 0.15) is 22.5 Å². The van der Waals surface area contributed by atoms with E-state index in [1.165, 1.54) is 42.5 Å². The lowest BCUT2D eigenvalue weighted by Crippen LogP contribution is -2.11. The topological polar surface area (TPSA) is 209 Å². The van der Waals surface area contributed by atoms with Gasteiger partial charge in [0.25, 0.3) is 0 Å². The van der Waals surface area contributed by atoms with E-state index in [9.17, 15) is 40.2 Å². The number of aromatic hydroxyl groups is 6. The molecular formula is C34H33N3O10. The molecule has 0 amide bonds. The number of phenolic OH excluding ortho intramolecular Hbond substituents is 6. The van der Waals surface area contributed by atoms with Crippen molar-refractivity contribution in [3.05, 3.63) is 82.3 Å². The number of hydrogen-bond donors (Lipinski definition) is 6. The molecule has 0 unspecified atom stereocenters. The van der Waals surface area contributed by atoms with E-state index in [2.05, 4.69) is 10.3 Å². The van der Waals surface area contributed by atoms with E-state index >= 15 is 0 Å². The van der Waals surface area contributed by atoms with Crippen LogP contribution < -0.4 is 10.2 Å². The van der Waals surface area contributed by atoms with Gasteiger partial charge in [0, 0.05) is 43.3 Å². The van der Waals surface area contributed by atoms with Gasteiger partial charge in [0.2, 0.25) is 11.2 Å². The lowest BCUT2D eigenvalue weighted by atomic mass is 10.1. The first-order chi connectivity index (χ1) is 22.6. The van der Waals surface area contributed by atoms with Gasteiger partial charge in [-0.15, -0.1) is 5.10 Å². The fourth-order valence-corrected chi connectivity index (χ4v) is 4.89. The largest absolute Gasteiger partial charge is 0.508 e. The molecule has 0 spiro atoms. The van der Waals surface area contributed by atoms with Crippen molar-refractivity contribution >= 4 is 22.8 Å². The van der Waals surface area contributed by atoms with Crippen molar-refractivity contribution in [3.8, 4) is 51.6 Å². The average molecular weight is 644 g/mol. The number of aryl methyl sites for hydroxylation is 2. The Kier molecular flexibility index (Phi) is 9.94. The molecule has 3 aromatic carbocycles. The molecule has 2 heterocycles. The number of unbranched alkanes of at least 4 members (excludes halogenated alkanes) is 3. The van der Waals surface area contributed by atoms with Crippen LogP contribution in [0.3, 0.4) is 0 Å². The summed E-state index contributed by atoms with van der Waals surface area (Å²) in [6, 6.07) is 10.4. The van der Waals surface area contributed by atoms with Gasteiger partial charge >= 0.3 is 0 Å². The molecule has 5 rings (SSSR count). The van der Waals surface area contributed by atoms with Gasteiger partial charge in [0.05, 0.1) is 12.3 Å². The van der Waals surface area contributed by atoms with E-state index in [0.29, 0.717) is 30.6 Å². The Morgan fingerprint density at radius 3 is 2.36 bits per heavy atom. The van der Waals surface area contributed by atoms with Crippen molar-refractivity contribution in [2.24, 2.45) is 0 Å². The molecule has 0 atom stereocenters. The molecule has 5 aromatic rings. The highest BCUT2D eigenvalue weighted by Gasteiger charge is 2.21. The number of carbonyl (C=O) groups excluding carboxylic acids is 1. The van der Waals surface area contributed by atoms with Crippen molar-refractivity contribution in [1.82, 2.24) is 15.0 Å². The molecule has 0 aliphatic carbocycles. The Morgan fingerprint density at radius 1 is 0.851 bits per heavy atom. The molecule has 0 fully saturated rings. The van der Waals surface area contributed by atoms with Crippen LogP contribution in [0.25, 0.3) is 28.4 Å². The third-order valence-corrected chi connectivity index (χ3v) is 7.36. The molecule has 0 aliphatic heterocycles. The molecule has 0 aliphatic rings. The quantitative estimate of drug-likeness (QED) is 0.0528. The van der Waals surface area contributed by atoms with Gasteiger partial charge < -0.3 is 39.8 Å². The second kappa shape index (κ2) is 14.4. The van der Waals surface area contributed by atoms with Crippen LogP contribution in [-0.2, 0) is 17.8 Å². The maximum Gasteiger partial charge on any atom is 0.239 e. The Labute approximate surface area is 267 Å². The summed E-state index contributed by atoms with van der Waals surface area (Å²) < 4.78 is 13.4. The predicted octanol–water partition coefficient (Wildman–Crippen LogP) is 5.14. The first-order valence-corrected chi connectivity index (χ1v) is 14.9. The van der Waals surface area contributed by atoms with Gasteiger partial charge in [-0.05, 0) is 61.2 Å². The van der Waals surface area contributed by atoms with Gasteiger partial charge in [-0.2, -0.15) is 0 Å². The van der Waals surface area contributed by atoms with Gasteiger partial charge in [-0.1, -0.05) is 23.8 Å². The van der Waals surface area contributed by atoms with Crippen LogP contribution in [0, 0.1) is 0 Å². The first-order valence-electron chi connectivity index (χ1n) is 14.9. The number of fused-ring (bicyclic) bond motifs is 1. The van der Waals surface area contributed by atoms with Crippen molar-refractivity contribution in [3.63, 3.8) is 0 Å². The third-order valence-electron chi connectivity index (χ3n) is 7.36. The summed E-state index contributed by atoms with van der Waals surface area (Å²) in [5.41, 5.74) is 0.807. The lowest BCUT2D eigenvalue weighted by molar-refractivity contribution is -0.114. The van der Waals surface area contributed by atoms with Crippen LogP contribution in [0.5, 0.6) is 40.2 Å². The zero-order chi connectivity index (χ0) is 33.5. The molecule has 13 nitrogen and oxygen atoms in total. The normalized spacial score (nSPS) is 11.4. The van der Waals surface area contributed by atoms with Crippen LogP contribution in [0.1, 0.15) is 43.4 Å². The summed E-state index contributed by atoms with van der Waals surface area (Å²) in [6.07, 6.45) is 8.46. The number of nitrogens with zero attached hydrogens (tertiary/aromatic N) is 3. The average Bonchev–Trinajstić information content (AvgIpc) is 3.49. The Hall–Kier alpha value is -5.98. The molecule has 13 heteroatoms. The number of benzene rings is 3. The minimum atomic E-state index is -0.649. The van der Waals surface area contributed by atoms with Gasteiger partial charge in [-0.25, -0.2) is 0 Å². The summed E-state index contributed by atoms with van der Waals surface area (Å²) in [4.78, 5) is 25.6. The highest BCUT2D eigenvalue weighted by Crippen LogP contribution is 2.38. The smallest absolute Gasteiger partial charge is 0.239 e. The Morgan fingerprint density at radius 2 is 1.60 bits per heavy atom. The fraction of sp³-hybridized carbons (Fsp3) is 0.235. The summed E-state index contributed by atoms with van der Waals surface area (Å²) in [5.74, 6) is -2.35. The minimum Gasteiger partial charge on any atom is -0.508 e. The summed E-state index contributed by atoms with van der Waals surface area (Å²) in [6.45, 7) is 0.789. The van der Waals surface area contributed by atoms with Crippen LogP contribution in [0.2, 0.25) is 0 Å². The standard InChI is InChI=1S/C34H33N3O10/c38-23(9-5-20-6-11-25(40)27(42)15-20)10-8-22-19-37(36-35-22)13-3-1-2-4-14-46-34-32(45)31-29(44)17-24(39)18-30(31)47-33(34)21-7-12-26(41)28(43)16-21/h5-7,9,11-12,15-19,39-44H,1-4,8,10,13-14H2/b9-5+. The number of carbonyl (C=O) groups is 1. The van der Waals surface area contributed by atoms with Crippen LogP contribution in [0.15, 0.2) is 70.0 Å². The molecule has 244 valence electrons. The molecule has 0 saturated heterocycles. The van der Waals surface area contributed by atoms with Crippen molar-refractivity contribution < 1.29 is 44.6 Å². The zero-order valence-corrected chi connectivity index (χ0v) is 25.2. The van der Waals surface area contributed by atoms with E-state index in [0.717, 1.165) is 25.3 Å². The molecule has 6 N–H and O–H groups in total. The molecule has 0 saturated carbocycles. The SMILES string of the molecule is O=C(/C=C/c1ccc(O)c(O)c1)CCc1cn(CCCCCCOc2c(-c3ccc(O)c(O)c3)oc3cc(O)cc(O)c3c2=O)nn1. The van der Waals surface area contributed by atoms with Crippen molar-refractivity contribution in [2.45, 2.75) is 45.1 Å². The molecular weight excluding hydrogens is 610 g/mol. The van der Waals surface area contributed by atoms with Gasteiger partial charge in [-0.3, -0.25) is 14.3 Å². The summed E-state index contributed by atoms with van der Waals surface area (Å²) in [7, 11) is 0. The van der Waals surface area contributed by atoms with E-state index < -0.39 is 16.9 Å². The highest BCUT2D eigenvalue weighted by atomic mass is 16.5. The zero-order valence-electron chi connectivity index (χ0n) is 25.2. The maximum atomic E-state index is 13.3. The molecule has 2 aromatic heterocycles. The van der Waals surface area contributed by atoms with Crippen LogP contribution in [0.4, 0.5) is 0 Å². The number of ether oxygens (including phenoxy) is 1. The second-order valence-electron chi connectivity index (χ2n) is 10.9. The number of hydrogen-bond acceptors (Lipinski definition) is 12. The predicted molar refractivity (Wildman–Crippen MR) is 171 cm³/mol. The first kappa shape index (κ1) is 32.4. The summed E-state index contributed by atoms with van der Waals surface area (Å²) in [5, 5.41) is 66.9. The van der Waals surface area contributed by atoms with E-state index in [4.69, 9.17) is 9.15 Å². The van der Waals surface area contributed by atoms with E-state index in [1.54, 1.807) is 23.0 Å². The molecule has 47 heavy (non-hydrogen) atoms. The summed E-state index contributed by atoms with van der Waals surface area (Å²) >= 11 is 0. The van der Waals surface area contributed by atoms with Crippen molar-refractivity contribution in [1.29, 1.82) is 0 Å². The number of aromatic nitrogens is 3. The molecule has 0 radical (unpaired) electrons. The van der Waals surface area contributed by atoms with Crippen LogP contribution in [-0.4, -0.2) is 58.0 Å². The highest BCUT2D eigenvalue weighted by molar-refractivity contribution is 5.93. The van der Waals surface area contributed by atoms with E-state index in [1.807, 2.05) is 0 Å². The number of rotatable bonds is 14. The molecule has 0 bridgehead atoms. The third kappa shape index (κ3) is 8.00. The van der Waals surface area contributed by atoms with E-state index in [-0.39, 0.29) is 69.9 Å². The monoisotopic (exact) mass is 643 g/mol. The lowest BCUT2D eigenvalue weighted by Gasteiger charge is -2.13. The Bertz CT molecular complexity index is 2000. The Balaban J connectivity index is 1.10. The number of phenols is 6. The number of allylic oxidation sites excluding steroid dienone is 1. The minimum absolute atomic E-state index is 0.0277. The van der Waals surface area contributed by atoms with Crippen LogP contribution >= 0.6 is 0 Å². The maximum absolute atomic E-state index is 13.3. The number of ketones is 1. The second-order valence-corrected chi connectivity index (χ2v) is 10.9. The van der Waals surface area contributed by atoms with Crippen molar-refractivity contribution in [2.75, 3.05) is 6.61 Å².